The van der Waals surface area contributed by atoms with E-state index in [2.05, 4.69) is 0 Å². The molecule has 0 aliphatic heterocycles. The molecule has 0 bridgehead atoms. The van der Waals surface area contributed by atoms with Gasteiger partial charge in [-0.3, -0.25) is 0 Å². The van der Waals surface area contributed by atoms with Gasteiger partial charge in [-0.05, 0) is 0 Å². The van der Waals surface area contributed by atoms with Crippen molar-refractivity contribution in [3.05, 3.63) is 32.7 Å². The Labute approximate surface area is 95.8 Å². The van der Waals surface area contributed by atoms with Gasteiger partial charge in [0.05, 0.1) is 0 Å². The van der Waals surface area contributed by atoms with Gasteiger partial charge in [0.25, 0.3) is 0 Å². The van der Waals surface area contributed by atoms with Crippen LogP contribution in [0.25, 0.3) is 9.65 Å². The minimum atomic E-state index is -0.942. The van der Waals surface area contributed by atoms with Gasteiger partial charge in [-0.1, -0.05) is 0 Å². The number of hydrogen-bond acceptors (Lipinski definition) is 1. The topological polar surface area (TPSA) is 37.3 Å². The van der Waals surface area contributed by atoms with Crippen LogP contribution in [0.1, 0.15) is 9.23 Å². The van der Waals surface area contributed by atoms with Gasteiger partial charge in [0.1, 0.15) is 0 Å². The third kappa shape index (κ3) is 1.57. The molecule has 0 unspecified atom stereocenters. The molecule has 0 saturated carbocycles. The molecule has 14 heavy (non-hydrogen) atoms. The van der Waals surface area contributed by atoms with E-state index in [1.165, 1.54) is 0 Å². The van der Waals surface area contributed by atoms with Crippen LogP contribution in [-0.2, 0) is 0 Å². The number of carboxylic acid groups (broad SMARTS) is 1. The summed E-state index contributed by atoms with van der Waals surface area (Å²) < 4.78 is 1.24. The Morgan fingerprint density at radius 1 is 1.36 bits per heavy atom. The fraction of sp³-hybridized carbons (Fsp3) is 0. The Balaban J connectivity index is 2.79. The number of carbonyl (C=O) groups is 1. The first-order valence-electron chi connectivity index (χ1n) is 3.70. The summed E-state index contributed by atoms with van der Waals surface area (Å²) in [6.45, 7) is 0. The number of benzene rings is 1. The van der Waals surface area contributed by atoms with Crippen LogP contribution in [0.2, 0.25) is 10.0 Å². The summed E-state index contributed by atoms with van der Waals surface area (Å²) in [5.41, 5.74) is 0. The van der Waals surface area contributed by atoms with E-state index in [0.29, 0.717) is 14.5 Å². The van der Waals surface area contributed by atoms with Crippen LogP contribution < -0.4 is 0 Å². The van der Waals surface area contributed by atoms with Gasteiger partial charge >= 0.3 is 95.9 Å². The van der Waals surface area contributed by atoms with E-state index in [0.717, 1.165) is 9.65 Å². The molecule has 2 rings (SSSR count). The van der Waals surface area contributed by atoms with E-state index in [-0.39, 0.29) is 14.5 Å². The van der Waals surface area contributed by atoms with Gasteiger partial charge in [0, 0.05) is 0 Å². The minimum absolute atomic E-state index is 0.233. The second kappa shape index (κ2) is 3.59. The van der Waals surface area contributed by atoms with Crippen molar-refractivity contribution in [2.45, 2.75) is 0 Å². The third-order valence-electron chi connectivity index (χ3n) is 1.79. The fourth-order valence-electron chi connectivity index (χ4n) is 1.18. The molecule has 0 saturated heterocycles. The maximum absolute atomic E-state index is 10.8. The predicted octanol–water partition coefficient (Wildman–Crippen LogP) is 2.90. The zero-order valence-corrected chi connectivity index (χ0v) is 9.98. The number of carboxylic acids is 1. The molecule has 5 heteroatoms. The molecule has 0 spiro atoms. The van der Waals surface area contributed by atoms with Crippen molar-refractivity contribution in [1.82, 2.24) is 0 Å². The maximum atomic E-state index is 10.8. The zero-order chi connectivity index (χ0) is 10.3. The molecule has 0 fully saturated rings. The van der Waals surface area contributed by atoms with E-state index in [1.54, 1.807) is 18.2 Å². The monoisotopic (exact) mass is 294 g/mol. The van der Waals surface area contributed by atoms with Gasteiger partial charge in [0.2, 0.25) is 0 Å². The van der Waals surface area contributed by atoms with Crippen LogP contribution >= 0.6 is 23.2 Å². The van der Waals surface area contributed by atoms with Crippen molar-refractivity contribution in [2.24, 2.45) is 0 Å². The first-order chi connectivity index (χ1) is 6.59. The van der Waals surface area contributed by atoms with Crippen molar-refractivity contribution in [3.63, 3.8) is 0 Å². The second-order valence-electron chi connectivity index (χ2n) is 2.69. The van der Waals surface area contributed by atoms with Gasteiger partial charge < -0.3 is 0 Å². The average Bonchev–Trinajstić information content (AvgIpc) is 2.43. The number of rotatable bonds is 1. The molecule has 0 aliphatic rings. The molecule has 2 aromatic rings. The van der Waals surface area contributed by atoms with Crippen molar-refractivity contribution in [2.75, 3.05) is 0 Å². The number of fused-ring (bicyclic) bond motifs is 1. The van der Waals surface area contributed by atoms with Crippen LogP contribution in [0.4, 0.5) is 0 Å². The first-order valence-corrected chi connectivity index (χ1v) is 6.17. The molecule has 72 valence electrons. The number of aromatic carboxylic acids is 1. The third-order valence-corrected chi connectivity index (χ3v) is 5.06. The van der Waals surface area contributed by atoms with Gasteiger partial charge in [0.15, 0.2) is 0 Å². The summed E-state index contributed by atoms with van der Waals surface area (Å²) in [7, 11) is 0. The van der Waals surface area contributed by atoms with Crippen LogP contribution in [-0.4, -0.2) is 25.6 Å². The van der Waals surface area contributed by atoms with Gasteiger partial charge in [-0.25, -0.2) is 0 Å². The summed E-state index contributed by atoms with van der Waals surface area (Å²) in [4.78, 5) is 10.8. The van der Waals surface area contributed by atoms with Crippen molar-refractivity contribution in [1.29, 1.82) is 0 Å². The summed E-state index contributed by atoms with van der Waals surface area (Å²) in [6.07, 6.45) is 0. The molecule has 0 amide bonds. The standard InChI is InChI=1S/C9H4Cl2O2Se/c10-4-1-2-5-6(3-4)14-8(7(5)11)9(12)13/h1-3H,(H,12,13). The quantitative estimate of drug-likeness (QED) is 0.821. The SMILES string of the molecule is O=C(O)c1[se]c2cc(Cl)ccc2c1Cl. The van der Waals surface area contributed by atoms with Crippen LogP contribution in [0.5, 0.6) is 0 Å². The van der Waals surface area contributed by atoms with Gasteiger partial charge in [-0.15, -0.1) is 0 Å². The summed E-state index contributed by atoms with van der Waals surface area (Å²) >= 11 is 11.5. The predicted molar refractivity (Wildman–Crippen MR) is 57.9 cm³/mol. The van der Waals surface area contributed by atoms with Crippen LogP contribution in [0.3, 0.4) is 0 Å². The first kappa shape index (κ1) is 10.1. The number of halogens is 2. The Morgan fingerprint density at radius 2 is 2.07 bits per heavy atom. The second-order valence-corrected chi connectivity index (χ2v) is 5.71. The Hall–Kier alpha value is -0.471. The Morgan fingerprint density at radius 3 is 2.71 bits per heavy atom. The molecule has 1 N–H and O–H groups in total. The van der Waals surface area contributed by atoms with E-state index >= 15 is 0 Å². The van der Waals surface area contributed by atoms with Crippen LogP contribution in [0, 0.1) is 0 Å². The molecule has 0 aliphatic carbocycles. The van der Waals surface area contributed by atoms with Crippen molar-refractivity contribution < 1.29 is 9.90 Å². The normalized spacial score (nSPS) is 10.7. The van der Waals surface area contributed by atoms with Gasteiger partial charge in [-0.2, -0.15) is 0 Å². The molecule has 1 heterocycles. The fourth-order valence-corrected chi connectivity index (χ4v) is 4.11. The van der Waals surface area contributed by atoms with E-state index in [9.17, 15) is 4.79 Å². The molecular weight excluding hydrogens is 290 g/mol. The molecule has 1 aromatic heterocycles. The molecule has 0 atom stereocenters. The summed E-state index contributed by atoms with van der Waals surface area (Å²) in [6, 6.07) is 5.25. The Kier molecular flexibility index (Phi) is 2.58. The van der Waals surface area contributed by atoms with Crippen LogP contribution in [0.15, 0.2) is 18.2 Å². The molecule has 1 aromatic carbocycles. The average molecular weight is 294 g/mol. The van der Waals surface area contributed by atoms with Crippen molar-refractivity contribution >= 4 is 53.3 Å². The Bertz CT molecular complexity index is 519. The zero-order valence-electron chi connectivity index (χ0n) is 6.75. The van der Waals surface area contributed by atoms with E-state index < -0.39 is 5.97 Å². The van der Waals surface area contributed by atoms with Crippen molar-refractivity contribution in [3.8, 4) is 0 Å². The molecular formula is C9H4Cl2O2Se. The summed E-state index contributed by atoms with van der Waals surface area (Å²) in [5.74, 6) is -0.942. The van der Waals surface area contributed by atoms with E-state index in [4.69, 9.17) is 28.3 Å². The molecule has 2 nitrogen and oxygen atoms in total. The van der Waals surface area contributed by atoms with E-state index in [1.807, 2.05) is 0 Å². The summed E-state index contributed by atoms with van der Waals surface area (Å²) in [5, 5.41) is 10.6. The molecule has 0 radical (unpaired) electrons. The number of hydrogen-bond donors (Lipinski definition) is 1.